The Labute approximate surface area is 104 Å². The maximum atomic E-state index is 12.9. The second-order valence-corrected chi connectivity index (χ2v) is 4.54. The lowest BCUT2D eigenvalue weighted by Crippen LogP contribution is -2.28. The number of nitrogens with one attached hydrogen (secondary N) is 1. The van der Waals surface area contributed by atoms with Gasteiger partial charge in [0.05, 0.1) is 0 Å². The van der Waals surface area contributed by atoms with E-state index in [2.05, 4.69) is 18.8 Å². The van der Waals surface area contributed by atoms with E-state index >= 15 is 0 Å². The number of allylic oxidation sites excluding steroid dienone is 1. The monoisotopic (exact) mass is 235 g/mol. The van der Waals surface area contributed by atoms with Crippen LogP contribution in [0.1, 0.15) is 30.9 Å². The van der Waals surface area contributed by atoms with Crippen molar-refractivity contribution in [2.75, 3.05) is 6.54 Å². The lowest BCUT2D eigenvalue weighted by molar-refractivity contribution is 0.521. The van der Waals surface area contributed by atoms with Crippen LogP contribution in [0.4, 0.5) is 4.39 Å². The third kappa shape index (κ3) is 5.14. The fourth-order valence-electron chi connectivity index (χ4n) is 1.86. The summed E-state index contributed by atoms with van der Waals surface area (Å²) >= 11 is 0. The van der Waals surface area contributed by atoms with Crippen molar-refractivity contribution in [3.63, 3.8) is 0 Å². The number of halogens is 1. The first-order chi connectivity index (χ1) is 8.13. The number of hydrogen-bond acceptors (Lipinski definition) is 1. The lowest BCUT2D eigenvalue weighted by Gasteiger charge is -2.13. The van der Waals surface area contributed by atoms with Crippen LogP contribution in [0.15, 0.2) is 30.9 Å². The van der Waals surface area contributed by atoms with Crippen LogP contribution in [0.5, 0.6) is 0 Å². The molecule has 1 aromatic rings. The second kappa shape index (κ2) is 7.23. The van der Waals surface area contributed by atoms with Gasteiger partial charge in [-0.2, -0.15) is 0 Å². The fourth-order valence-corrected chi connectivity index (χ4v) is 1.86. The maximum Gasteiger partial charge on any atom is 0.123 e. The Balaban J connectivity index is 2.33. The Bertz CT molecular complexity index is 360. The van der Waals surface area contributed by atoms with Gasteiger partial charge in [-0.3, -0.25) is 0 Å². The summed E-state index contributed by atoms with van der Waals surface area (Å²) in [5.41, 5.74) is 2.25. The fraction of sp³-hybridized carbons (Fsp3) is 0.467. The minimum atomic E-state index is -0.154. The van der Waals surface area contributed by atoms with Gasteiger partial charge in [-0.05, 0) is 62.9 Å². The lowest BCUT2D eigenvalue weighted by atomic mass is 10.1. The van der Waals surface area contributed by atoms with E-state index in [1.54, 1.807) is 6.07 Å². The van der Waals surface area contributed by atoms with E-state index in [9.17, 15) is 4.39 Å². The van der Waals surface area contributed by atoms with Gasteiger partial charge in [0, 0.05) is 6.04 Å². The minimum Gasteiger partial charge on any atom is -0.314 e. The first kappa shape index (κ1) is 13.9. The molecule has 2 heteroatoms. The summed E-state index contributed by atoms with van der Waals surface area (Å²) in [4.78, 5) is 0. The highest BCUT2D eigenvalue weighted by Gasteiger charge is 2.02. The Morgan fingerprint density at radius 3 is 2.88 bits per heavy atom. The van der Waals surface area contributed by atoms with Crippen molar-refractivity contribution in [2.24, 2.45) is 0 Å². The molecule has 1 aromatic carbocycles. The number of aryl methyl sites for hydroxylation is 1. The summed E-state index contributed by atoms with van der Waals surface area (Å²) < 4.78 is 12.9. The minimum absolute atomic E-state index is 0.154. The zero-order chi connectivity index (χ0) is 12.7. The molecule has 94 valence electrons. The molecule has 1 nitrogen and oxygen atoms in total. The molecule has 1 rings (SSSR count). The van der Waals surface area contributed by atoms with Gasteiger partial charge in [-0.15, -0.1) is 6.58 Å². The molecule has 0 bridgehead atoms. The van der Waals surface area contributed by atoms with Crippen molar-refractivity contribution in [1.29, 1.82) is 0 Å². The largest absolute Gasteiger partial charge is 0.314 e. The topological polar surface area (TPSA) is 12.0 Å². The third-order valence-electron chi connectivity index (χ3n) is 3.00. The quantitative estimate of drug-likeness (QED) is 0.712. The Hall–Kier alpha value is -1.15. The van der Waals surface area contributed by atoms with Crippen molar-refractivity contribution in [2.45, 2.75) is 39.2 Å². The first-order valence-corrected chi connectivity index (χ1v) is 6.22. The van der Waals surface area contributed by atoms with Gasteiger partial charge in [0.2, 0.25) is 0 Å². The number of hydrogen-bond donors (Lipinski definition) is 1. The molecule has 0 radical (unpaired) electrons. The molecule has 1 N–H and O–H groups in total. The Morgan fingerprint density at radius 2 is 2.24 bits per heavy atom. The molecule has 0 amide bonds. The van der Waals surface area contributed by atoms with Crippen molar-refractivity contribution >= 4 is 0 Å². The maximum absolute atomic E-state index is 12.9. The van der Waals surface area contributed by atoms with Gasteiger partial charge in [0.1, 0.15) is 5.82 Å². The predicted octanol–water partition coefficient (Wildman–Crippen LogP) is 3.62. The van der Waals surface area contributed by atoms with E-state index in [0.717, 1.165) is 31.4 Å². The van der Waals surface area contributed by atoms with Gasteiger partial charge in [0.25, 0.3) is 0 Å². The van der Waals surface area contributed by atoms with Crippen molar-refractivity contribution in [3.05, 3.63) is 47.8 Å². The molecule has 17 heavy (non-hydrogen) atoms. The van der Waals surface area contributed by atoms with Gasteiger partial charge in [0.15, 0.2) is 0 Å². The van der Waals surface area contributed by atoms with Crippen LogP contribution < -0.4 is 5.32 Å². The van der Waals surface area contributed by atoms with Crippen molar-refractivity contribution in [1.82, 2.24) is 5.32 Å². The van der Waals surface area contributed by atoms with Crippen LogP contribution in [0.25, 0.3) is 0 Å². The van der Waals surface area contributed by atoms with E-state index in [1.807, 2.05) is 19.1 Å². The van der Waals surface area contributed by atoms with E-state index < -0.39 is 0 Å². The third-order valence-corrected chi connectivity index (χ3v) is 3.00. The van der Waals surface area contributed by atoms with Crippen LogP contribution in [-0.2, 0) is 6.42 Å². The molecule has 0 saturated carbocycles. The highest BCUT2D eigenvalue weighted by molar-refractivity contribution is 5.26. The highest BCUT2D eigenvalue weighted by atomic mass is 19.1. The summed E-state index contributed by atoms with van der Waals surface area (Å²) in [6.45, 7) is 8.79. The number of benzene rings is 1. The standard InChI is InChI=1S/C15H22FN/c1-4-5-6-13(3)17-10-9-14-7-8-15(16)11-12(14)2/h4,7-8,11,13,17H,1,5-6,9-10H2,2-3H3. The number of rotatable bonds is 7. The average Bonchev–Trinajstić information content (AvgIpc) is 2.29. The molecule has 0 fully saturated rings. The van der Waals surface area contributed by atoms with Crippen LogP contribution >= 0.6 is 0 Å². The van der Waals surface area contributed by atoms with E-state index in [1.165, 1.54) is 11.6 Å². The molecule has 0 aliphatic rings. The molecule has 0 spiro atoms. The molecular formula is C15H22FN. The second-order valence-electron chi connectivity index (χ2n) is 4.54. The molecule has 0 saturated heterocycles. The zero-order valence-electron chi connectivity index (χ0n) is 10.8. The van der Waals surface area contributed by atoms with Gasteiger partial charge in [-0.25, -0.2) is 4.39 Å². The van der Waals surface area contributed by atoms with E-state index in [4.69, 9.17) is 0 Å². The predicted molar refractivity (Wildman–Crippen MR) is 71.7 cm³/mol. The van der Waals surface area contributed by atoms with E-state index in [0.29, 0.717) is 6.04 Å². The van der Waals surface area contributed by atoms with E-state index in [-0.39, 0.29) is 5.82 Å². The molecular weight excluding hydrogens is 213 g/mol. The molecule has 0 aromatic heterocycles. The van der Waals surface area contributed by atoms with Crippen LogP contribution in [0.2, 0.25) is 0 Å². The summed E-state index contributed by atoms with van der Waals surface area (Å²) in [7, 11) is 0. The van der Waals surface area contributed by atoms with Crippen LogP contribution in [-0.4, -0.2) is 12.6 Å². The summed E-state index contributed by atoms with van der Waals surface area (Å²) in [5.74, 6) is -0.154. The Morgan fingerprint density at radius 1 is 1.47 bits per heavy atom. The summed E-state index contributed by atoms with van der Waals surface area (Å²) in [6.07, 6.45) is 5.06. The van der Waals surface area contributed by atoms with Gasteiger partial charge >= 0.3 is 0 Å². The molecule has 1 atom stereocenters. The Kier molecular flexibility index (Phi) is 5.92. The SMILES string of the molecule is C=CCCC(C)NCCc1ccc(F)cc1C. The summed E-state index contributed by atoms with van der Waals surface area (Å²) in [6, 6.07) is 5.51. The first-order valence-electron chi connectivity index (χ1n) is 6.22. The average molecular weight is 235 g/mol. The normalized spacial score (nSPS) is 12.4. The molecule has 0 aliphatic carbocycles. The molecule has 0 heterocycles. The van der Waals surface area contributed by atoms with Crippen LogP contribution in [0, 0.1) is 12.7 Å². The van der Waals surface area contributed by atoms with Crippen molar-refractivity contribution in [3.8, 4) is 0 Å². The van der Waals surface area contributed by atoms with Crippen LogP contribution in [0.3, 0.4) is 0 Å². The summed E-state index contributed by atoms with van der Waals surface area (Å²) in [5, 5.41) is 3.47. The van der Waals surface area contributed by atoms with Crippen molar-refractivity contribution < 1.29 is 4.39 Å². The van der Waals surface area contributed by atoms with Gasteiger partial charge in [-0.1, -0.05) is 12.1 Å². The highest BCUT2D eigenvalue weighted by Crippen LogP contribution is 2.10. The van der Waals surface area contributed by atoms with Gasteiger partial charge < -0.3 is 5.32 Å². The molecule has 1 unspecified atom stereocenters. The smallest absolute Gasteiger partial charge is 0.123 e. The zero-order valence-corrected chi connectivity index (χ0v) is 10.8. The molecule has 0 aliphatic heterocycles.